The highest BCUT2D eigenvalue weighted by Gasteiger charge is 2.40. The van der Waals surface area contributed by atoms with Gasteiger partial charge in [-0.05, 0) is 81.1 Å². The number of nitrogens with zero attached hydrogens (tertiary/aromatic N) is 1. The molecule has 6 atom stereocenters. The average molecular weight is 293 g/mol. The normalized spacial score (nSPS) is 43.1. The Morgan fingerprint density at radius 3 is 2.33 bits per heavy atom. The summed E-state index contributed by atoms with van der Waals surface area (Å²) in [5.41, 5.74) is 6.43. The molecular formula is C19H36N2. The Kier molecular flexibility index (Phi) is 4.95. The molecule has 0 heterocycles. The summed E-state index contributed by atoms with van der Waals surface area (Å²) in [6.45, 7) is 7.34. The summed E-state index contributed by atoms with van der Waals surface area (Å²) in [6.07, 6.45) is 10.0. The molecule has 0 amide bonds. The van der Waals surface area contributed by atoms with Crippen molar-refractivity contribution in [1.82, 2.24) is 4.90 Å². The van der Waals surface area contributed by atoms with E-state index in [0.29, 0.717) is 6.04 Å². The van der Waals surface area contributed by atoms with E-state index in [0.717, 1.165) is 35.5 Å². The predicted molar refractivity (Wildman–Crippen MR) is 90.1 cm³/mol. The molecule has 3 aliphatic rings. The van der Waals surface area contributed by atoms with E-state index in [2.05, 4.69) is 25.8 Å². The van der Waals surface area contributed by atoms with Crippen LogP contribution in [-0.2, 0) is 0 Å². The molecule has 0 saturated heterocycles. The first-order valence-electron chi connectivity index (χ1n) is 9.47. The lowest BCUT2D eigenvalue weighted by molar-refractivity contribution is 0.132. The van der Waals surface area contributed by atoms with E-state index in [4.69, 9.17) is 5.73 Å². The zero-order valence-corrected chi connectivity index (χ0v) is 14.4. The molecule has 3 fully saturated rings. The summed E-state index contributed by atoms with van der Waals surface area (Å²) in [6, 6.07) is 0.447. The largest absolute Gasteiger partial charge is 0.327 e. The highest BCUT2D eigenvalue weighted by atomic mass is 15.1. The van der Waals surface area contributed by atoms with Gasteiger partial charge in [0, 0.05) is 19.1 Å². The van der Waals surface area contributed by atoms with Gasteiger partial charge >= 0.3 is 0 Å². The number of rotatable bonds is 5. The quantitative estimate of drug-likeness (QED) is 0.836. The molecule has 3 rings (SSSR count). The van der Waals surface area contributed by atoms with Crippen molar-refractivity contribution in [2.45, 2.75) is 64.8 Å². The van der Waals surface area contributed by atoms with Crippen LogP contribution in [0.1, 0.15) is 58.8 Å². The summed E-state index contributed by atoms with van der Waals surface area (Å²) in [7, 11) is 2.34. The fraction of sp³-hybridized carbons (Fsp3) is 1.00. The van der Waals surface area contributed by atoms with Crippen LogP contribution in [0.4, 0.5) is 0 Å². The highest BCUT2D eigenvalue weighted by molar-refractivity contribution is 4.92. The van der Waals surface area contributed by atoms with Crippen LogP contribution in [-0.4, -0.2) is 31.1 Å². The van der Waals surface area contributed by atoms with E-state index >= 15 is 0 Å². The molecule has 21 heavy (non-hydrogen) atoms. The van der Waals surface area contributed by atoms with Crippen LogP contribution in [0.25, 0.3) is 0 Å². The van der Waals surface area contributed by atoms with Crippen molar-refractivity contribution in [3.63, 3.8) is 0 Å². The minimum absolute atomic E-state index is 0.447. The van der Waals surface area contributed by atoms with Gasteiger partial charge in [-0.15, -0.1) is 0 Å². The molecule has 6 unspecified atom stereocenters. The Morgan fingerprint density at radius 1 is 0.952 bits per heavy atom. The summed E-state index contributed by atoms with van der Waals surface area (Å²) in [5.74, 6) is 5.60. The van der Waals surface area contributed by atoms with Crippen molar-refractivity contribution in [2.75, 3.05) is 20.1 Å². The molecule has 0 aromatic rings. The Bertz CT molecular complexity index is 340. The minimum Gasteiger partial charge on any atom is -0.327 e. The first kappa shape index (κ1) is 15.8. The lowest BCUT2D eigenvalue weighted by atomic mass is 9.73. The molecule has 0 aromatic carbocycles. The van der Waals surface area contributed by atoms with Crippen LogP contribution >= 0.6 is 0 Å². The molecule has 0 radical (unpaired) electrons. The maximum Gasteiger partial charge on any atom is 0.00795 e. The van der Waals surface area contributed by atoms with E-state index < -0.39 is 0 Å². The molecule has 2 nitrogen and oxygen atoms in total. The minimum atomic E-state index is 0.447. The van der Waals surface area contributed by atoms with Crippen LogP contribution in [0, 0.1) is 35.5 Å². The summed E-state index contributed by atoms with van der Waals surface area (Å²) < 4.78 is 0. The second-order valence-electron chi connectivity index (χ2n) is 8.90. The van der Waals surface area contributed by atoms with E-state index in [9.17, 15) is 0 Å². The molecular weight excluding hydrogens is 256 g/mol. The molecule has 122 valence electrons. The lowest BCUT2D eigenvalue weighted by Gasteiger charge is -2.38. The van der Waals surface area contributed by atoms with Crippen molar-refractivity contribution in [2.24, 2.45) is 41.2 Å². The van der Waals surface area contributed by atoms with E-state index in [1.54, 1.807) is 0 Å². The smallest absolute Gasteiger partial charge is 0.00795 e. The zero-order chi connectivity index (χ0) is 15.0. The molecule has 3 aliphatic carbocycles. The fourth-order valence-electron chi connectivity index (χ4n) is 5.61. The first-order chi connectivity index (χ1) is 10.0. The van der Waals surface area contributed by atoms with Gasteiger partial charge in [0.25, 0.3) is 0 Å². The van der Waals surface area contributed by atoms with Gasteiger partial charge in [0.2, 0.25) is 0 Å². The summed E-state index contributed by atoms with van der Waals surface area (Å²) in [5, 5.41) is 0. The second kappa shape index (κ2) is 6.58. The SMILES string of the molecule is CC(C)C1CCC(N)C(CN(C)CC2CC3CCC2C3)C1. The molecule has 0 aliphatic heterocycles. The number of fused-ring (bicyclic) bond motifs is 2. The van der Waals surface area contributed by atoms with Crippen molar-refractivity contribution in [1.29, 1.82) is 0 Å². The van der Waals surface area contributed by atoms with Crippen LogP contribution in [0.3, 0.4) is 0 Å². The maximum atomic E-state index is 6.43. The van der Waals surface area contributed by atoms with Crippen LogP contribution in [0.2, 0.25) is 0 Å². The van der Waals surface area contributed by atoms with E-state index in [-0.39, 0.29) is 0 Å². The highest BCUT2D eigenvalue weighted by Crippen LogP contribution is 2.48. The molecule has 3 saturated carbocycles. The molecule has 0 spiro atoms. The first-order valence-corrected chi connectivity index (χ1v) is 9.47. The van der Waals surface area contributed by atoms with E-state index in [1.165, 1.54) is 58.0 Å². The number of hydrogen-bond acceptors (Lipinski definition) is 2. The average Bonchev–Trinajstić information content (AvgIpc) is 3.03. The van der Waals surface area contributed by atoms with Crippen molar-refractivity contribution < 1.29 is 0 Å². The Balaban J connectivity index is 1.48. The predicted octanol–water partition coefficient (Wildman–Crippen LogP) is 3.75. The van der Waals surface area contributed by atoms with Crippen LogP contribution in [0.5, 0.6) is 0 Å². The van der Waals surface area contributed by atoms with Crippen LogP contribution in [0.15, 0.2) is 0 Å². The maximum absolute atomic E-state index is 6.43. The standard InChI is InChI=1S/C19H36N2/c1-13(2)15-6-7-19(20)18(10-15)12-21(3)11-17-9-14-4-5-16(17)8-14/h13-19H,4-12,20H2,1-3H3. The van der Waals surface area contributed by atoms with Crippen molar-refractivity contribution in [3.8, 4) is 0 Å². The van der Waals surface area contributed by atoms with Gasteiger partial charge in [-0.1, -0.05) is 20.3 Å². The van der Waals surface area contributed by atoms with Gasteiger partial charge in [0.1, 0.15) is 0 Å². The number of nitrogens with two attached hydrogens (primary N) is 1. The molecule has 2 bridgehead atoms. The third-order valence-corrected chi connectivity index (χ3v) is 7.00. The Hall–Kier alpha value is -0.0800. The Labute approximate surface area is 131 Å². The lowest BCUT2D eigenvalue weighted by Crippen LogP contribution is -2.44. The molecule has 2 heteroatoms. The topological polar surface area (TPSA) is 29.3 Å². The molecule has 2 N–H and O–H groups in total. The van der Waals surface area contributed by atoms with Gasteiger partial charge in [0.15, 0.2) is 0 Å². The van der Waals surface area contributed by atoms with Gasteiger partial charge in [0.05, 0.1) is 0 Å². The van der Waals surface area contributed by atoms with E-state index in [1.807, 2.05) is 0 Å². The monoisotopic (exact) mass is 292 g/mol. The van der Waals surface area contributed by atoms with Crippen molar-refractivity contribution >= 4 is 0 Å². The van der Waals surface area contributed by atoms with Gasteiger partial charge in [-0.2, -0.15) is 0 Å². The Morgan fingerprint density at radius 2 is 1.71 bits per heavy atom. The summed E-state index contributed by atoms with van der Waals surface area (Å²) >= 11 is 0. The van der Waals surface area contributed by atoms with Gasteiger partial charge < -0.3 is 10.6 Å². The second-order valence-corrected chi connectivity index (χ2v) is 8.90. The summed E-state index contributed by atoms with van der Waals surface area (Å²) in [4.78, 5) is 2.62. The zero-order valence-electron chi connectivity index (χ0n) is 14.4. The fourth-order valence-corrected chi connectivity index (χ4v) is 5.61. The third kappa shape index (κ3) is 3.64. The third-order valence-electron chi connectivity index (χ3n) is 7.00. The number of hydrogen-bond donors (Lipinski definition) is 1. The molecule has 0 aromatic heterocycles. The van der Waals surface area contributed by atoms with Gasteiger partial charge in [-0.25, -0.2) is 0 Å². The van der Waals surface area contributed by atoms with Crippen molar-refractivity contribution in [3.05, 3.63) is 0 Å². The van der Waals surface area contributed by atoms with Gasteiger partial charge in [-0.3, -0.25) is 0 Å². The van der Waals surface area contributed by atoms with Crippen LogP contribution < -0.4 is 5.73 Å².